The van der Waals surface area contributed by atoms with Crippen molar-refractivity contribution < 1.29 is 9.66 Å². The fourth-order valence-corrected chi connectivity index (χ4v) is 1.85. The first-order valence-corrected chi connectivity index (χ1v) is 6.50. The zero-order valence-electron chi connectivity index (χ0n) is 11.8. The zero-order valence-corrected chi connectivity index (χ0v) is 11.8. The van der Waals surface area contributed by atoms with E-state index < -0.39 is 4.92 Å². The molecule has 104 valence electrons. The maximum atomic E-state index is 10.6. The van der Waals surface area contributed by atoms with E-state index in [2.05, 4.69) is 19.9 Å². The molecule has 0 atom stereocenters. The molecule has 0 amide bonds. The van der Waals surface area contributed by atoms with Crippen LogP contribution in [0.2, 0.25) is 0 Å². The van der Waals surface area contributed by atoms with Gasteiger partial charge in [-0.2, -0.15) is 0 Å². The molecule has 0 spiro atoms. The Morgan fingerprint density at radius 2 is 1.75 bits per heavy atom. The fourth-order valence-electron chi connectivity index (χ4n) is 1.85. The third-order valence-corrected chi connectivity index (χ3v) is 3.15. The maximum absolute atomic E-state index is 10.6. The van der Waals surface area contributed by atoms with Gasteiger partial charge in [0.2, 0.25) is 0 Å². The van der Waals surface area contributed by atoms with Gasteiger partial charge in [0.15, 0.2) is 0 Å². The van der Waals surface area contributed by atoms with Crippen LogP contribution in [0.15, 0.2) is 42.5 Å². The summed E-state index contributed by atoms with van der Waals surface area (Å²) < 4.78 is 5.81. The summed E-state index contributed by atoms with van der Waals surface area (Å²) in [7, 11) is 0. The third-order valence-electron chi connectivity index (χ3n) is 3.15. The first kappa shape index (κ1) is 14.1. The van der Waals surface area contributed by atoms with Gasteiger partial charge in [0.25, 0.3) is 5.69 Å². The third kappa shape index (κ3) is 3.15. The Labute approximate surface area is 118 Å². The van der Waals surface area contributed by atoms with Crippen LogP contribution < -0.4 is 4.74 Å². The molecule has 0 saturated heterocycles. The molecule has 2 aromatic rings. The molecular weight excluding hydrogens is 254 g/mol. The van der Waals surface area contributed by atoms with Crippen molar-refractivity contribution in [1.82, 2.24) is 0 Å². The van der Waals surface area contributed by atoms with Crippen LogP contribution in [0.3, 0.4) is 0 Å². The SMILES string of the molecule is Cc1ccc(C(C)C)cc1Oc1ccc([N+](=O)[O-])cc1. The lowest BCUT2D eigenvalue weighted by Crippen LogP contribution is -1.93. The number of hydrogen-bond donors (Lipinski definition) is 0. The highest BCUT2D eigenvalue weighted by atomic mass is 16.6. The molecule has 0 saturated carbocycles. The van der Waals surface area contributed by atoms with Crippen LogP contribution in [0.4, 0.5) is 5.69 Å². The fraction of sp³-hybridized carbons (Fsp3) is 0.250. The number of nitro groups is 1. The highest BCUT2D eigenvalue weighted by Crippen LogP contribution is 2.29. The monoisotopic (exact) mass is 271 g/mol. The summed E-state index contributed by atoms with van der Waals surface area (Å²) >= 11 is 0. The summed E-state index contributed by atoms with van der Waals surface area (Å²) in [5.41, 5.74) is 2.30. The van der Waals surface area contributed by atoms with Crippen LogP contribution in [0.5, 0.6) is 11.5 Å². The van der Waals surface area contributed by atoms with Crippen LogP contribution in [0, 0.1) is 17.0 Å². The molecule has 0 aliphatic carbocycles. The Balaban J connectivity index is 2.25. The molecule has 0 fully saturated rings. The summed E-state index contributed by atoms with van der Waals surface area (Å²) in [5.74, 6) is 1.81. The highest BCUT2D eigenvalue weighted by Gasteiger charge is 2.08. The molecule has 20 heavy (non-hydrogen) atoms. The van der Waals surface area contributed by atoms with Crippen molar-refractivity contribution in [1.29, 1.82) is 0 Å². The minimum absolute atomic E-state index is 0.0602. The van der Waals surface area contributed by atoms with E-state index in [0.29, 0.717) is 11.7 Å². The van der Waals surface area contributed by atoms with Crippen molar-refractivity contribution in [2.75, 3.05) is 0 Å². The second-order valence-electron chi connectivity index (χ2n) is 5.03. The minimum Gasteiger partial charge on any atom is -0.457 e. The number of nitrogens with zero attached hydrogens (tertiary/aromatic N) is 1. The predicted molar refractivity (Wildman–Crippen MR) is 78.4 cm³/mol. The molecule has 2 rings (SSSR count). The van der Waals surface area contributed by atoms with Crippen LogP contribution >= 0.6 is 0 Å². The van der Waals surface area contributed by atoms with Crippen molar-refractivity contribution in [3.63, 3.8) is 0 Å². The predicted octanol–water partition coefficient (Wildman–Crippen LogP) is 4.82. The van der Waals surface area contributed by atoms with Crippen LogP contribution in [0.25, 0.3) is 0 Å². The molecular formula is C16H17NO3. The van der Waals surface area contributed by atoms with E-state index in [-0.39, 0.29) is 5.69 Å². The summed E-state index contributed by atoms with van der Waals surface area (Å²) in [5, 5.41) is 10.6. The van der Waals surface area contributed by atoms with Crippen LogP contribution in [-0.4, -0.2) is 4.92 Å². The maximum Gasteiger partial charge on any atom is 0.269 e. The first-order valence-electron chi connectivity index (χ1n) is 6.50. The number of nitro benzene ring substituents is 1. The normalized spacial score (nSPS) is 10.6. The van der Waals surface area contributed by atoms with E-state index in [1.54, 1.807) is 12.1 Å². The van der Waals surface area contributed by atoms with Crippen LogP contribution in [0.1, 0.15) is 30.9 Å². The van der Waals surface area contributed by atoms with Crippen LogP contribution in [-0.2, 0) is 0 Å². The number of aryl methyl sites for hydroxylation is 1. The van der Waals surface area contributed by atoms with Gasteiger partial charge >= 0.3 is 0 Å². The molecule has 2 aromatic carbocycles. The van der Waals surface area contributed by atoms with E-state index in [9.17, 15) is 10.1 Å². The summed E-state index contributed by atoms with van der Waals surface area (Å²) in [6.07, 6.45) is 0. The molecule has 0 unspecified atom stereocenters. The Kier molecular flexibility index (Phi) is 4.03. The van der Waals surface area contributed by atoms with Gasteiger partial charge in [-0.25, -0.2) is 0 Å². The molecule has 0 radical (unpaired) electrons. The highest BCUT2D eigenvalue weighted by molar-refractivity contribution is 5.43. The number of rotatable bonds is 4. The van der Waals surface area contributed by atoms with Gasteiger partial charge in [-0.1, -0.05) is 26.0 Å². The molecule has 0 heterocycles. The quantitative estimate of drug-likeness (QED) is 0.591. The Hall–Kier alpha value is -2.36. The molecule has 0 bridgehead atoms. The van der Waals surface area contributed by atoms with Gasteiger partial charge in [0.1, 0.15) is 11.5 Å². The summed E-state index contributed by atoms with van der Waals surface area (Å²) in [6.45, 7) is 6.23. The molecule has 4 nitrogen and oxygen atoms in total. The first-order chi connectivity index (χ1) is 9.47. The van der Waals surface area contributed by atoms with E-state index in [1.165, 1.54) is 17.7 Å². The molecule has 0 aliphatic heterocycles. The van der Waals surface area contributed by atoms with Crippen molar-refractivity contribution in [3.05, 3.63) is 63.7 Å². The second-order valence-corrected chi connectivity index (χ2v) is 5.03. The smallest absolute Gasteiger partial charge is 0.269 e. The molecule has 0 N–H and O–H groups in total. The lowest BCUT2D eigenvalue weighted by Gasteiger charge is -2.12. The van der Waals surface area contributed by atoms with Gasteiger partial charge in [0, 0.05) is 12.1 Å². The van der Waals surface area contributed by atoms with Gasteiger partial charge in [-0.05, 0) is 42.2 Å². The minimum atomic E-state index is -0.422. The Morgan fingerprint density at radius 1 is 1.10 bits per heavy atom. The molecule has 0 aromatic heterocycles. The van der Waals surface area contributed by atoms with Crippen molar-refractivity contribution >= 4 is 5.69 Å². The molecule has 4 heteroatoms. The standard InChI is InChI=1S/C16H17NO3/c1-11(2)13-5-4-12(3)16(10-13)20-15-8-6-14(7-9-15)17(18)19/h4-11H,1-3H3. The van der Waals surface area contributed by atoms with Crippen molar-refractivity contribution in [2.45, 2.75) is 26.7 Å². The number of non-ortho nitro benzene ring substituents is 1. The lowest BCUT2D eigenvalue weighted by atomic mass is 10.0. The zero-order chi connectivity index (χ0) is 14.7. The summed E-state index contributed by atoms with van der Waals surface area (Å²) in [4.78, 5) is 10.2. The largest absolute Gasteiger partial charge is 0.457 e. The Bertz CT molecular complexity index is 618. The Morgan fingerprint density at radius 3 is 2.30 bits per heavy atom. The van der Waals surface area contributed by atoms with Gasteiger partial charge < -0.3 is 4.74 Å². The van der Waals surface area contributed by atoms with Gasteiger partial charge in [0.05, 0.1) is 4.92 Å². The van der Waals surface area contributed by atoms with E-state index in [1.807, 2.05) is 19.1 Å². The average molecular weight is 271 g/mol. The van der Waals surface area contributed by atoms with E-state index >= 15 is 0 Å². The average Bonchev–Trinajstić information content (AvgIpc) is 2.41. The summed E-state index contributed by atoms with van der Waals surface area (Å²) in [6, 6.07) is 12.2. The van der Waals surface area contributed by atoms with Gasteiger partial charge in [-0.15, -0.1) is 0 Å². The number of hydrogen-bond acceptors (Lipinski definition) is 3. The lowest BCUT2D eigenvalue weighted by molar-refractivity contribution is -0.384. The van der Waals surface area contributed by atoms with Gasteiger partial charge in [-0.3, -0.25) is 10.1 Å². The number of benzene rings is 2. The second kappa shape index (κ2) is 5.74. The van der Waals surface area contributed by atoms with E-state index in [0.717, 1.165) is 11.3 Å². The number of ether oxygens (including phenoxy) is 1. The van der Waals surface area contributed by atoms with Crippen molar-refractivity contribution in [3.8, 4) is 11.5 Å². The molecule has 0 aliphatic rings. The van der Waals surface area contributed by atoms with Crippen molar-refractivity contribution in [2.24, 2.45) is 0 Å². The van der Waals surface area contributed by atoms with E-state index in [4.69, 9.17) is 4.74 Å². The topological polar surface area (TPSA) is 52.4 Å².